The van der Waals surface area contributed by atoms with Gasteiger partial charge in [0.15, 0.2) is 5.96 Å². The average molecular weight is 275 g/mol. The molecular formula is C15H25N5. The van der Waals surface area contributed by atoms with Gasteiger partial charge in [0.05, 0.1) is 17.9 Å². The lowest BCUT2D eigenvalue weighted by Crippen LogP contribution is -2.37. The first-order chi connectivity index (χ1) is 9.74. The molecule has 3 rings (SSSR count). The minimum atomic E-state index is 0.572. The normalized spacial score (nSPS) is 19.6. The summed E-state index contributed by atoms with van der Waals surface area (Å²) in [4.78, 5) is 4.49. The molecule has 2 aliphatic rings. The number of rotatable bonds is 4. The molecule has 5 nitrogen and oxygen atoms in total. The van der Waals surface area contributed by atoms with Crippen molar-refractivity contribution < 1.29 is 0 Å². The Hall–Kier alpha value is -1.52. The van der Waals surface area contributed by atoms with Gasteiger partial charge >= 0.3 is 0 Å². The minimum Gasteiger partial charge on any atom is -0.370 e. The molecule has 1 aromatic heterocycles. The maximum atomic E-state index is 5.95. The molecule has 2 aliphatic carbocycles. The number of nitrogens with one attached hydrogen (secondary N) is 1. The molecule has 0 atom stereocenters. The molecule has 3 N–H and O–H groups in total. The van der Waals surface area contributed by atoms with E-state index in [4.69, 9.17) is 5.73 Å². The van der Waals surface area contributed by atoms with Gasteiger partial charge in [-0.25, -0.2) is 4.99 Å². The summed E-state index contributed by atoms with van der Waals surface area (Å²) in [5.74, 6) is 1.37. The minimum absolute atomic E-state index is 0.572. The summed E-state index contributed by atoms with van der Waals surface area (Å²) in [7, 11) is 2.02. The number of aliphatic imine (C=N–C) groups is 1. The van der Waals surface area contributed by atoms with Crippen molar-refractivity contribution in [2.24, 2.45) is 23.7 Å². The van der Waals surface area contributed by atoms with Crippen LogP contribution in [0.4, 0.5) is 0 Å². The number of nitrogens with zero attached hydrogens (tertiary/aromatic N) is 3. The first-order valence-corrected chi connectivity index (χ1v) is 7.81. The summed E-state index contributed by atoms with van der Waals surface area (Å²) >= 11 is 0. The lowest BCUT2D eigenvalue weighted by molar-refractivity contribution is 0.315. The first-order valence-electron chi connectivity index (χ1n) is 7.81. The average Bonchev–Trinajstić information content (AvgIpc) is 2.70. The number of guanidine groups is 1. The Bertz CT molecular complexity index is 499. The van der Waals surface area contributed by atoms with Gasteiger partial charge in [-0.1, -0.05) is 6.42 Å². The quantitative estimate of drug-likeness (QED) is 0.646. The second-order valence-corrected chi connectivity index (χ2v) is 6.08. The fourth-order valence-electron chi connectivity index (χ4n) is 3.11. The lowest BCUT2D eigenvalue weighted by Gasteiger charge is -2.25. The van der Waals surface area contributed by atoms with Crippen LogP contribution in [-0.4, -0.2) is 22.3 Å². The van der Waals surface area contributed by atoms with Gasteiger partial charge < -0.3 is 11.1 Å². The number of aromatic nitrogens is 2. The lowest BCUT2D eigenvalue weighted by atomic mass is 9.85. The van der Waals surface area contributed by atoms with E-state index in [2.05, 4.69) is 15.4 Å². The molecule has 0 amide bonds. The topological polar surface area (TPSA) is 68.2 Å². The van der Waals surface area contributed by atoms with Crippen LogP contribution in [0, 0.1) is 5.92 Å². The van der Waals surface area contributed by atoms with E-state index >= 15 is 0 Å². The molecule has 0 aromatic carbocycles. The molecule has 1 fully saturated rings. The highest BCUT2D eigenvalue weighted by molar-refractivity contribution is 5.77. The van der Waals surface area contributed by atoms with Crippen LogP contribution < -0.4 is 11.1 Å². The fourth-order valence-corrected chi connectivity index (χ4v) is 3.11. The number of nitrogens with two attached hydrogens (primary N) is 1. The summed E-state index contributed by atoms with van der Waals surface area (Å²) < 4.78 is 1.98. The molecule has 0 aliphatic heterocycles. The van der Waals surface area contributed by atoms with Crippen LogP contribution in [0.2, 0.25) is 0 Å². The molecule has 1 heterocycles. The third-order valence-corrected chi connectivity index (χ3v) is 4.64. The predicted molar refractivity (Wildman–Crippen MR) is 80.5 cm³/mol. The van der Waals surface area contributed by atoms with Crippen molar-refractivity contribution in [3.05, 3.63) is 17.0 Å². The molecule has 1 aromatic rings. The van der Waals surface area contributed by atoms with E-state index < -0.39 is 0 Å². The first kappa shape index (κ1) is 13.5. The zero-order valence-corrected chi connectivity index (χ0v) is 12.4. The highest BCUT2D eigenvalue weighted by Gasteiger charge is 2.19. The van der Waals surface area contributed by atoms with E-state index in [9.17, 15) is 0 Å². The van der Waals surface area contributed by atoms with Crippen LogP contribution in [0.15, 0.2) is 4.99 Å². The maximum absolute atomic E-state index is 5.95. The van der Waals surface area contributed by atoms with Crippen LogP contribution in [-0.2, 0) is 26.4 Å². The SMILES string of the molecule is Cn1nc2c(c1CN=C(N)NCC1CCC1)CCCC2. The molecule has 1 saturated carbocycles. The Kier molecular flexibility index (Phi) is 3.94. The van der Waals surface area contributed by atoms with Gasteiger partial charge in [0.1, 0.15) is 0 Å². The van der Waals surface area contributed by atoms with Crippen molar-refractivity contribution in [3.63, 3.8) is 0 Å². The molecule has 0 spiro atoms. The zero-order valence-electron chi connectivity index (χ0n) is 12.4. The van der Waals surface area contributed by atoms with E-state index in [1.807, 2.05) is 11.7 Å². The number of hydrogen-bond acceptors (Lipinski definition) is 2. The predicted octanol–water partition coefficient (Wildman–Crippen LogP) is 1.50. The number of hydrogen-bond donors (Lipinski definition) is 2. The van der Waals surface area contributed by atoms with Crippen molar-refractivity contribution in [3.8, 4) is 0 Å². The molecule has 0 bridgehead atoms. The van der Waals surface area contributed by atoms with Gasteiger partial charge in [-0.15, -0.1) is 0 Å². The summed E-state index contributed by atoms with van der Waals surface area (Å²) in [5.41, 5.74) is 9.86. The third-order valence-electron chi connectivity index (χ3n) is 4.64. The molecular weight excluding hydrogens is 250 g/mol. The molecule has 5 heteroatoms. The highest BCUT2D eigenvalue weighted by Crippen LogP contribution is 2.25. The Morgan fingerprint density at radius 3 is 2.90 bits per heavy atom. The summed E-state index contributed by atoms with van der Waals surface area (Å²) in [6.45, 7) is 1.61. The van der Waals surface area contributed by atoms with E-state index in [1.54, 1.807) is 0 Å². The second-order valence-electron chi connectivity index (χ2n) is 6.08. The van der Waals surface area contributed by atoms with Gasteiger partial charge in [-0.3, -0.25) is 4.68 Å². The smallest absolute Gasteiger partial charge is 0.188 e. The summed E-state index contributed by atoms with van der Waals surface area (Å²) in [6.07, 6.45) is 8.81. The van der Waals surface area contributed by atoms with Gasteiger partial charge in [0.25, 0.3) is 0 Å². The highest BCUT2D eigenvalue weighted by atomic mass is 15.3. The van der Waals surface area contributed by atoms with Crippen molar-refractivity contribution in [2.45, 2.75) is 51.5 Å². The Morgan fingerprint density at radius 2 is 2.15 bits per heavy atom. The van der Waals surface area contributed by atoms with Crippen LogP contribution in [0.5, 0.6) is 0 Å². The third kappa shape index (κ3) is 2.81. The number of aryl methyl sites for hydroxylation is 2. The van der Waals surface area contributed by atoms with Crippen LogP contribution >= 0.6 is 0 Å². The van der Waals surface area contributed by atoms with E-state index in [1.165, 1.54) is 49.1 Å². The maximum Gasteiger partial charge on any atom is 0.188 e. The monoisotopic (exact) mass is 275 g/mol. The molecule has 20 heavy (non-hydrogen) atoms. The second kappa shape index (κ2) is 5.85. The van der Waals surface area contributed by atoms with Gasteiger partial charge in [0, 0.05) is 13.6 Å². The van der Waals surface area contributed by atoms with Crippen molar-refractivity contribution >= 4 is 5.96 Å². The van der Waals surface area contributed by atoms with E-state index in [0.29, 0.717) is 12.5 Å². The van der Waals surface area contributed by atoms with Crippen molar-refractivity contribution in [1.82, 2.24) is 15.1 Å². The zero-order chi connectivity index (χ0) is 13.9. The van der Waals surface area contributed by atoms with Gasteiger partial charge in [0.2, 0.25) is 0 Å². The number of fused-ring (bicyclic) bond motifs is 1. The molecule has 110 valence electrons. The Morgan fingerprint density at radius 1 is 1.35 bits per heavy atom. The van der Waals surface area contributed by atoms with Gasteiger partial charge in [-0.2, -0.15) is 5.10 Å². The van der Waals surface area contributed by atoms with Crippen LogP contribution in [0.3, 0.4) is 0 Å². The van der Waals surface area contributed by atoms with Crippen molar-refractivity contribution in [2.75, 3.05) is 6.54 Å². The van der Waals surface area contributed by atoms with E-state index in [0.717, 1.165) is 25.3 Å². The Balaban J connectivity index is 1.60. The largest absolute Gasteiger partial charge is 0.370 e. The van der Waals surface area contributed by atoms with Crippen LogP contribution in [0.25, 0.3) is 0 Å². The standard InChI is InChI=1S/C15H25N5/c1-20-14(12-7-2-3-8-13(12)19-20)10-18-15(16)17-9-11-5-4-6-11/h11H,2-10H2,1H3,(H3,16,17,18). The Labute approximate surface area is 120 Å². The summed E-state index contributed by atoms with van der Waals surface area (Å²) in [6, 6.07) is 0. The molecule has 0 radical (unpaired) electrons. The molecule has 0 saturated heterocycles. The fraction of sp³-hybridized carbons (Fsp3) is 0.733. The van der Waals surface area contributed by atoms with Crippen LogP contribution in [0.1, 0.15) is 49.1 Å². The molecule has 0 unspecified atom stereocenters. The van der Waals surface area contributed by atoms with Crippen molar-refractivity contribution in [1.29, 1.82) is 0 Å². The summed E-state index contributed by atoms with van der Waals surface area (Å²) in [5, 5.41) is 7.86. The van der Waals surface area contributed by atoms with Gasteiger partial charge in [-0.05, 0) is 50.0 Å². The van der Waals surface area contributed by atoms with E-state index in [-0.39, 0.29) is 0 Å².